The Bertz CT molecular complexity index is 511. The van der Waals surface area contributed by atoms with E-state index in [-0.39, 0.29) is 24.1 Å². The fourth-order valence-corrected chi connectivity index (χ4v) is 2.40. The van der Waals surface area contributed by atoms with E-state index in [9.17, 15) is 22.8 Å². The minimum Gasteiger partial charge on any atom is -0.478 e. The summed E-state index contributed by atoms with van der Waals surface area (Å²) in [6.45, 7) is -0.0960. The molecule has 1 rings (SSSR count). The van der Waals surface area contributed by atoms with E-state index in [2.05, 4.69) is 5.32 Å². The first kappa shape index (κ1) is 16.6. The van der Waals surface area contributed by atoms with Crippen LogP contribution < -0.4 is 5.32 Å². The van der Waals surface area contributed by atoms with Gasteiger partial charge in [0.2, 0.25) is 0 Å². The zero-order valence-corrected chi connectivity index (χ0v) is 11.6. The van der Waals surface area contributed by atoms with Gasteiger partial charge < -0.3 is 10.4 Å². The lowest BCUT2D eigenvalue weighted by Crippen LogP contribution is -2.25. The van der Waals surface area contributed by atoms with Crippen molar-refractivity contribution in [2.45, 2.75) is 5.51 Å². The van der Waals surface area contributed by atoms with Gasteiger partial charge in [-0.1, -0.05) is 0 Å². The van der Waals surface area contributed by atoms with E-state index in [1.165, 1.54) is 12.1 Å². The van der Waals surface area contributed by atoms with Crippen LogP contribution in [0.4, 0.5) is 13.2 Å². The fraction of sp³-hybridized carbons (Fsp3) is 0.273. The van der Waals surface area contributed by atoms with Crippen molar-refractivity contribution >= 4 is 41.1 Å². The number of amides is 1. The standard InChI is InChI=1S/C11H10F3NO3S2/c12-11(13,14)19-6-5-15-10(18)8-3-1-7(20-8)2-4-9(16)17/h1-4H,5-6H2,(H,15,18)(H,16,17)/b4-2+. The average molecular weight is 325 g/mol. The Morgan fingerprint density at radius 2 is 2.10 bits per heavy atom. The van der Waals surface area contributed by atoms with Gasteiger partial charge in [-0.15, -0.1) is 11.3 Å². The summed E-state index contributed by atoms with van der Waals surface area (Å²) >= 11 is 0.855. The first-order valence-corrected chi connectivity index (χ1v) is 7.08. The van der Waals surface area contributed by atoms with Gasteiger partial charge in [-0.3, -0.25) is 4.79 Å². The zero-order valence-electron chi connectivity index (χ0n) is 9.94. The quantitative estimate of drug-likeness (QED) is 0.623. The molecule has 0 spiro atoms. The predicted octanol–water partition coefficient (Wildman–Crippen LogP) is 2.83. The van der Waals surface area contributed by atoms with Crippen molar-refractivity contribution in [3.8, 4) is 0 Å². The molecule has 0 radical (unpaired) electrons. The summed E-state index contributed by atoms with van der Waals surface area (Å²) in [4.78, 5) is 22.8. The van der Waals surface area contributed by atoms with E-state index >= 15 is 0 Å². The number of carbonyl (C=O) groups excluding carboxylic acids is 1. The van der Waals surface area contributed by atoms with Crippen LogP contribution in [0, 0.1) is 0 Å². The Morgan fingerprint density at radius 3 is 2.70 bits per heavy atom. The summed E-state index contributed by atoms with van der Waals surface area (Å²) in [7, 11) is 0. The van der Waals surface area contributed by atoms with Gasteiger partial charge in [-0.25, -0.2) is 4.79 Å². The molecular formula is C11H10F3NO3S2. The van der Waals surface area contributed by atoms with E-state index in [0.717, 1.165) is 17.4 Å². The zero-order chi connectivity index (χ0) is 15.2. The molecule has 1 amide bonds. The molecule has 1 aromatic heterocycles. The van der Waals surface area contributed by atoms with Gasteiger partial charge in [0.15, 0.2) is 0 Å². The minimum atomic E-state index is -4.30. The summed E-state index contributed by atoms with van der Waals surface area (Å²) in [5, 5.41) is 10.8. The van der Waals surface area contributed by atoms with Gasteiger partial charge in [0.05, 0.1) is 4.88 Å². The van der Waals surface area contributed by atoms with Gasteiger partial charge in [0.25, 0.3) is 5.91 Å². The molecule has 0 aromatic carbocycles. The van der Waals surface area contributed by atoms with Crippen LogP contribution in [0.3, 0.4) is 0 Å². The van der Waals surface area contributed by atoms with Gasteiger partial charge in [0, 0.05) is 23.3 Å². The first-order valence-electron chi connectivity index (χ1n) is 5.27. The molecule has 0 aliphatic rings. The second kappa shape index (κ2) is 7.34. The third kappa shape index (κ3) is 6.62. The number of thiophene rings is 1. The smallest absolute Gasteiger partial charge is 0.441 e. The summed E-state index contributed by atoms with van der Waals surface area (Å²) < 4.78 is 35.6. The number of aliphatic carboxylic acids is 1. The van der Waals surface area contributed by atoms with Gasteiger partial charge >= 0.3 is 11.5 Å². The Labute approximate surface area is 120 Å². The van der Waals surface area contributed by atoms with Crippen molar-refractivity contribution in [2.75, 3.05) is 12.3 Å². The molecule has 20 heavy (non-hydrogen) atoms. The van der Waals surface area contributed by atoms with Crippen LogP contribution in [-0.2, 0) is 4.79 Å². The Hall–Kier alpha value is -1.48. The molecule has 9 heteroatoms. The van der Waals surface area contributed by atoms with Crippen molar-refractivity contribution in [3.63, 3.8) is 0 Å². The number of carboxylic acid groups (broad SMARTS) is 1. The molecular weight excluding hydrogens is 315 g/mol. The highest BCUT2D eigenvalue weighted by Gasteiger charge is 2.27. The lowest BCUT2D eigenvalue weighted by atomic mass is 10.4. The van der Waals surface area contributed by atoms with Crippen LogP contribution in [-0.4, -0.2) is 34.8 Å². The number of halogens is 3. The van der Waals surface area contributed by atoms with E-state index in [0.29, 0.717) is 9.75 Å². The van der Waals surface area contributed by atoms with E-state index in [4.69, 9.17) is 5.11 Å². The fourth-order valence-electron chi connectivity index (χ4n) is 1.14. The van der Waals surface area contributed by atoms with Crippen molar-refractivity contribution in [1.82, 2.24) is 5.32 Å². The molecule has 1 aromatic rings. The van der Waals surface area contributed by atoms with Crippen LogP contribution in [0.2, 0.25) is 0 Å². The topological polar surface area (TPSA) is 66.4 Å². The van der Waals surface area contributed by atoms with Crippen molar-refractivity contribution < 1.29 is 27.9 Å². The highest BCUT2D eigenvalue weighted by molar-refractivity contribution is 8.00. The van der Waals surface area contributed by atoms with Gasteiger partial charge in [-0.2, -0.15) is 13.2 Å². The van der Waals surface area contributed by atoms with Gasteiger partial charge in [0.1, 0.15) is 0 Å². The van der Waals surface area contributed by atoms with Crippen LogP contribution in [0.15, 0.2) is 18.2 Å². The summed E-state index contributed by atoms with van der Waals surface area (Å²) in [5.41, 5.74) is -4.30. The number of hydrogen-bond donors (Lipinski definition) is 2. The van der Waals surface area contributed by atoms with Crippen LogP contribution >= 0.6 is 23.1 Å². The van der Waals surface area contributed by atoms with E-state index in [1.54, 1.807) is 6.07 Å². The number of thioether (sulfide) groups is 1. The average Bonchev–Trinajstić information content (AvgIpc) is 2.79. The number of alkyl halides is 3. The van der Waals surface area contributed by atoms with E-state index < -0.39 is 17.4 Å². The van der Waals surface area contributed by atoms with Crippen molar-refractivity contribution in [2.24, 2.45) is 0 Å². The lowest BCUT2D eigenvalue weighted by Gasteiger charge is -2.06. The summed E-state index contributed by atoms with van der Waals surface area (Å²) in [6.07, 6.45) is 2.27. The Kier molecular flexibility index (Phi) is 6.08. The Morgan fingerprint density at radius 1 is 1.40 bits per heavy atom. The molecule has 0 bridgehead atoms. The van der Waals surface area contributed by atoms with Crippen LogP contribution in [0.5, 0.6) is 0 Å². The Balaban J connectivity index is 2.42. The van der Waals surface area contributed by atoms with E-state index in [1.807, 2.05) is 0 Å². The maximum absolute atomic E-state index is 11.9. The predicted molar refractivity (Wildman–Crippen MR) is 71.8 cm³/mol. The first-order chi connectivity index (χ1) is 9.28. The molecule has 0 saturated heterocycles. The number of hydrogen-bond acceptors (Lipinski definition) is 4. The number of rotatable bonds is 6. The largest absolute Gasteiger partial charge is 0.478 e. The second-order valence-corrected chi connectivity index (χ2v) is 5.70. The van der Waals surface area contributed by atoms with Crippen LogP contribution in [0.1, 0.15) is 14.5 Å². The van der Waals surface area contributed by atoms with Crippen LogP contribution in [0.25, 0.3) is 6.08 Å². The molecule has 4 nitrogen and oxygen atoms in total. The second-order valence-electron chi connectivity index (χ2n) is 3.42. The molecule has 0 aliphatic carbocycles. The number of carboxylic acids is 1. The summed E-state index contributed by atoms with van der Waals surface area (Å²) in [5.74, 6) is -1.84. The highest BCUT2D eigenvalue weighted by atomic mass is 32.2. The lowest BCUT2D eigenvalue weighted by molar-refractivity contribution is -0.131. The normalized spacial score (nSPS) is 11.8. The maximum atomic E-state index is 11.9. The van der Waals surface area contributed by atoms with Crippen molar-refractivity contribution in [3.05, 3.63) is 28.0 Å². The van der Waals surface area contributed by atoms with Gasteiger partial charge in [-0.05, 0) is 30.0 Å². The molecule has 110 valence electrons. The monoisotopic (exact) mass is 325 g/mol. The third-order valence-corrected chi connectivity index (χ3v) is 3.68. The molecule has 2 N–H and O–H groups in total. The minimum absolute atomic E-state index is 0.0960. The molecule has 0 aliphatic heterocycles. The highest BCUT2D eigenvalue weighted by Crippen LogP contribution is 2.29. The maximum Gasteiger partial charge on any atom is 0.441 e. The number of nitrogens with one attached hydrogen (secondary N) is 1. The SMILES string of the molecule is O=C(O)/C=C/c1ccc(C(=O)NCCSC(F)(F)F)s1. The molecule has 1 heterocycles. The third-order valence-electron chi connectivity index (χ3n) is 1.89. The van der Waals surface area contributed by atoms with Crippen molar-refractivity contribution in [1.29, 1.82) is 0 Å². The molecule has 0 unspecified atom stereocenters. The number of carbonyl (C=O) groups is 2. The summed E-state index contributed by atoms with van der Waals surface area (Å²) in [6, 6.07) is 3.04. The molecule has 0 fully saturated rings. The molecule has 0 atom stereocenters. The molecule has 0 saturated carbocycles.